The first-order valence-corrected chi connectivity index (χ1v) is 15.6. The van der Waals surface area contributed by atoms with Gasteiger partial charge in [-0.15, -0.1) is 0 Å². The Morgan fingerprint density at radius 2 is 1.92 bits per heavy atom. The number of carbonyl (C=O) groups is 1. The molecule has 0 bridgehead atoms. The molecule has 5 rings (SSSR count). The fourth-order valence-corrected chi connectivity index (χ4v) is 9.96. The number of carbonyl (C=O) groups excluding carboxylic acids is 1. The molecule has 0 N–H and O–H groups in total. The highest BCUT2D eigenvalue weighted by Crippen LogP contribution is 2.67. The molecule has 1 aromatic heterocycles. The number of nitrogens with zero attached hydrogens (tertiary/aromatic N) is 2. The number of fused-ring (bicyclic) bond motifs is 5. The Morgan fingerprint density at radius 3 is 2.62 bits per heavy atom. The van der Waals surface area contributed by atoms with Gasteiger partial charge in [0.25, 0.3) is 0 Å². The molecule has 1 heterocycles. The van der Waals surface area contributed by atoms with Crippen LogP contribution in [-0.4, -0.2) is 21.7 Å². The largest absolute Gasteiger partial charge is 0.445 e. The second-order valence-electron chi connectivity index (χ2n) is 14.2. The van der Waals surface area contributed by atoms with Gasteiger partial charge in [-0.05, 0) is 104 Å². The Labute approximate surface area is 226 Å². The Hall–Kier alpha value is -1.58. The zero-order valence-electron chi connectivity index (χ0n) is 24.4. The van der Waals surface area contributed by atoms with Crippen molar-refractivity contribution in [2.75, 3.05) is 0 Å². The third kappa shape index (κ3) is 4.84. The molecule has 0 aliphatic heterocycles. The van der Waals surface area contributed by atoms with Crippen LogP contribution in [0.4, 0.5) is 4.79 Å². The van der Waals surface area contributed by atoms with Crippen LogP contribution in [0.2, 0.25) is 0 Å². The summed E-state index contributed by atoms with van der Waals surface area (Å²) in [6.07, 6.45) is 21.2. The first-order valence-electron chi connectivity index (χ1n) is 15.6. The second-order valence-corrected chi connectivity index (χ2v) is 14.2. The highest BCUT2D eigenvalue weighted by molar-refractivity contribution is 5.70. The van der Waals surface area contributed by atoms with E-state index in [1.165, 1.54) is 62.3 Å². The Kier molecular flexibility index (Phi) is 7.69. The van der Waals surface area contributed by atoms with Gasteiger partial charge in [0, 0.05) is 18.8 Å². The van der Waals surface area contributed by atoms with Crippen molar-refractivity contribution in [1.82, 2.24) is 9.55 Å². The minimum atomic E-state index is -0.293. The normalized spacial score (nSPS) is 38.8. The molecule has 0 saturated heterocycles. The van der Waals surface area contributed by atoms with Gasteiger partial charge in [0.2, 0.25) is 0 Å². The fraction of sp³-hybridized carbons (Fsp3) is 0.818. The van der Waals surface area contributed by atoms with E-state index in [0.717, 1.165) is 60.7 Å². The van der Waals surface area contributed by atoms with Crippen LogP contribution in [0, 0.1) is 52.3 Å². The molecular formula is C33H52N2O2. The molecule has 206 valence electrons. The van der Waals surface area contributed by atoms with E-state index < -0.39 is 0 Å². The molecule has 4 aliphatic rings. The zero-order chi connectivity index (χ0) is 26.4. The molecule has 0 spiro atoms. The quantitative estimate of drug-likeness (QED) is 0.345. The summed E-state index contributed by atoms with van der Waals surface area (Å²) in [5.74, 6) is 5.98. The van der Waals surface area contributed by atoms with Crippen LogP contribution in [0.5, 0.6) is 0 Å². The summed E-state index contributed by atoms with van der Waals surface area (Å²) >= 11 is 0. The fourth-order valence-electron chi connectivity index (χ4n) is 9.96. The lowest BCUT2D eigenvalue weighted by atomic mass is 9.47. The first-order chi connectivity index (χ1) is 17.7. The van der Waals surface area contributed by atoms with Gasteiger partial charge in [-0.25, -0.2) is 14.3 Å². The van der Waals surface area contributed by atoms with Gasteiger partial charge >= 0.3 is 6.09 Å². The standard InChI is InChI=1S/C33H52N2O2/c1-7-24(22(2)3)9-8-23(4)28-12-13-29-27-11-10-25-20-26(37-31(36)35-19-18-34-21-35)14-16-32(25,5)30(27)15-17-33(28,29)6/h10,18-19,21-24,26-30H,7-9,11-17,20H2,1-6H3/t23-,24?,26+,27+,28-,29+,30+,32+,33-/m1/s1. The maximum absolute atomic E-state index is 12.5. The molecule has 1 unspecified atom stereocenters. The third-order valence-electron chi connectivity index (χ3n) is 12.3. The van der Waals surface area contributed by atoms with Crippen molar-refractivity contribution >= 4 is 6.09 Å². The van der Waals surface area contributed by atoms with E-state index in [9.17, 15) is 4.79 Å². The Balaban J connectivity index is 1.25. The number of hydrogen-bond donors (Lipinski definition) is 0. The topological polar surface area (TPSA) is 44.1 Å². The number of allylic oxidation sites excluding steroid dienone is 1. The summed E-state index contributed by atoms with van der Waals surface area (Å²) in [5.41, 5.74) is 2.39. The van der Waals surface area contributed by atoms with Crippen molar-refractivity contribution in [3.05, 3.63) is 30.4 Å². The molecule has 4 nitrogen and oxygen atoms in total. The lowest BCUT2D eigenvalue weighted by molar-refractivity contribution is -0.0583. The summed E-state index contributed by atoms with van der Waals surface area (Å²) in [5, 5.41) is 0. The van der Waals surface area contributed by atoms with Crippen molar-refractivity contribution in [1.29, 1.82) is 0 Å². The van der Waals surface area contributed by atoms with Crippen LogP contribution >= 0.6 is 0 Å². The van der Waals surface area contributed by atoms with Crippen LogP contribution in [0.1, 0.15) is 112 Å². The molecule has 4 aliphatic carbocycles. The van der Waals surface area contributed by atoms with Gasteiger partial charge in [-0.1, -0.05) is 66.0 Å². The lowest BCUT2D eigenvalue weighted by Gasteiger charge is -2.58. The van der Waals surface area contributed by atoms with Gasteiger partial charge in [0.15, 0.2) is 0 Å². The van der Waals surface area contributed by atoms with Crippen molar-refractivity contribution in [2.45, 2.75) is 118 Å². The summed E-state index contributed by atoms with van der Waals surface area (Å²) in [4.78, 5) is 16.5. The van der Waals surface area contributed by atoms with E-state index in [1.54, 1.807) is 18.0 Å². The van der Waals surface area contributed by atoms with Crippen molar-refractivity contribution in [2.24, 2.45) is 52.3 Å². The summed E-state index contributed by atoms with van der Waals surface area (Å²) in [6, 6.07) is 0. The van der Waals surface area contributed by atoms with Crippen molar-refractivity contribution < 1.29 is 9.53 Å². The van der Waals surface area contributed by atoms with Crippen LogP contribution in [0.15, 0.2) is 30.4 Å². The summed E-state index contributed by atoms with van der Waals surface area (Å²) in [6.45, 7) is 15.0. The van der Waals surface area contributed by atoms with E-state index in [4.69, 9.17) is 4.74 Å². The highest BCUT2D eigenvalue weighted by Gasteiger charge is 2.59. The minimum Gasteiger partial charge on any atom is -0.445 e. The number of hydrogen-bond acceptors (Lipinski definition) is 3. The molecule has 0 amide bonds. The van der Waals surface area contributed by atoms with Gasteiger partial charge in [0.1, 0.15) is 12.4 Å². The smallest absolute Gasteiger partial charge is 0.419 e. The molecule has 9 atom stereocenters. The van der Waals surface area contributed by atoms with Crippen molar-refractivity contribution in [3.63, 3.8) is 0 Å². The van der Waals surface area contributed by atoms with Crippen molar-refractivity contribution in [3.8, 4) is 0 Å². The summed E-state index contributed by atoms with van der Waals surface area (Å²) in [7, 11) is 0. The van der Waals surface area contributed by atoms with Gasteiger partial charge in [0.05, 0.1) is 0 Å². The number of ether oxygens (including phenoxy) is 1. The predicted molar refractivity (Wildman–Crippen MR) is 150 cm³/mol. The molecule has 3 saturated carbocycles. The first kappa shape index (κ1) is 27.0. The van der Waals surface area contributed by atoms with Crippen LogP contribution in [-0.2, 0) is 4.74 Å². The molecular weight excluding hydrogens is 456 g/mol. The number of aromatic nitrogens is 2. The molecule has 3 fully saturated rings. The van der Waals surface area contributed by atoms with Crippen LogP contribution in [0.25, 0.3) is 0 Å². The highest BCUT2D eigenvalue weighted by atomic mass is 16.6. The van der Waals surface area contributed by atoms with Crippen LogP contribution in [0.3, 0.4) is 0 Å². The Morgan fingerprint density at radius 1 is 1.11 bits per heavy atom. The predicted octanol–water partition coefficient (Wildman–Crippen LogP) is 8.91. The second kappa shape index (κ2) is 10.5. The maximum Gasteiger partial charge on any atom is 0.419 e. The average Bonchev–Trinajstić information content (AvgIpc) is 3.52. The van der Waals surface area contributed by atoms with E-state index >= 15 is 0 Å². The lowest BCUT2D eigenvalue weighted by Crippen LogP contribution is -2.51. The Bertz CT molecular complexity index is 967. The average molecular weight is 509 g/mol. The van der Waals surface area contributed by atoms with E-state index in [-0.39, 0.29) is 17.6 Å². The number of imidazole rings is 1. The van der Waals surface area contributed by atoms with Gasteiger partial charge in [-0.3, -0.25) is 0 Å². The summed E-state index contributed by atoms with van der Waals surface area (Å²) < 4.78 is 7.35. The van der Waals surface area contributed by atoms with Crippen LogP contribution < -0.4 is 0 Å². The monoisotopic (exact) mass is 508 g/mol. The van der Waals surface area contributed by atoms with E-state index in [0.29, 0.717) is 5.41 Å². The molecule has 0 radical (unpaired) electrons. The molecule has 1 aromatic rings. The van der Waals surface area contributed by atoms with E-state index in [2.05, 4.69) is 52.6 Å². The number of rotatable bonds is 7. The van der Waals surface area contributed by atoms with Gasteiger partial charge < -0.3 is 4.74 Å². The zero-order valence-corrected chi connectivity index (χ0v) is 24.4. The maximum atomic E-state index is 12.5. The SMILES string of the molecule is CCC(CC[C@@H](C)[C@H]1CC[C@H]2[C@@H]3CC=C4C[C@@H](OC(=O)n5ccnc5)CC[C@]4(C)[C@H]3CC[C@]12C)C(C)C. The molecule has 0 aromatic carbocycles. The minimum absolute atomic E-state index is 0.00544. The van der Waals surface area contributed by atoms with E-state index in [1.807, 2.05) is 0 Å². The van der Waals surface area contributed by atoms with Gasteiger partial charge in [-0.2, -0.15) is 0 Å². The molecule has 37 heavy (non-hydrogen) atoms. The third-order valence-corrected chi connectivity index (χ3v) is 12.3. The molecule has 4 heteroatoms.